The van der Waals surface area contributed by atoms with Crippen LogP contribution in [0.5, 0.6) is 0 Å². The second-order valence-corrected chi connectivity index (χ2v) is 5.23. The molecule has 0 amide bonds. The van der Waals surface area contributed by atoms with Gasteiger partial charge in [-0.25, -0.2) is 0 Å². The van der Waals surface area contributed by atoms with E-state index in [0.717, 1.165) is 0 Å². The van der Waals surface area contributed by atoms with E-state index in [4.69, 9.17) is 0 Å². The topological polar surface area (TPSA) is 12.0 Å². The molecule has 1 aromatic rings. The lowest BCUT2D eigenvalue weighted by Crippen LogP contribution is -2.41. The zero-order valence-corrected chi connectivity index (χ0v) is 10.8. The molecular weight excluding hydrogens is 250 g/mol. The van der Waals surface area contributed by atoms with E-state index in [-0.39, 0.29) is 5.54 Å². The van der Waals surface area contributed by atoms with Crippen LogP contribution in [0.25, 0.3) is 0 Å². The summed E-state index contributed by atoms with van der Waals surface area (Å²) in [4.78, 5) is 0. The number of rotatable bonds is 2. The van der Waals surface area contributed by atoms with Crippen molar-refractivity contribution in [3.63, 3.8) is 0 Å². The Morgan fingerprint density at radius 1 is 1.13 bits per heavy atom. The molecule has 2 rings (SSSR count). The maximum atomic E-state index is 3.67. The zero-order valence-electron chi connectivity index (χ0n) is 9.22. The molecule has 0 aliphatic heterocycles. The Hall–Kier alpha value is -0.340. The fourth-order valence-corrected chi connectivity index (χ4v) is 3.32. The van der Waals surface area contributed by atoms with E-state index in [1.807, 2.05) is 0 Å². The van der Waals surface area contributed by atoms with Crippen molar-refractivity contribution in [2.45, 2.75) is 37.6 Å². The van der Waals surface area contributed by atoms with Crippen molar-refractivity contribution >= 4 is 15.9 Å². The molecule has 1 nitrogen and oxygen atoms in total. The first-order valence-electron chi connectivity index (χ1n) is 5.72. The van der Waals surface area contributed by atoms with Gasteiger partial charge in [0.1, 0.15) is 0 Å². The third-order valence-corrected chi connectivity index (χ3v) is 4.27. The van der Waals surface area contributed by atoms with Crippen molar-refractivity contribution in [3.8, 4) is 0 Å². The Morgan fingerprint density at radius 3 is 2.40 bits per heavy atom. The zero-order chi connectivity index (χ0) is 10.7. The molecular formula is C13H18BrN. The number of halogens is 1. The van der Waals surface area contributed by atoms with Crippen LogP contribution in [-0.2, 0) is 5.54 Å². The van der Waals surface area contributed by atoms with Gasteiger partial charge in [0.05, 0.1) is 0 Å². The van der Waals surface area contributed by atoms with Crippen molar-refractivity contribution in [1.29, 1.82) is 0 Å². The fourth-order valence-electron chi connectivity index (χ4n) is 2.66. The molecule has 1 saturated carbocycles. The van der Waals surface area contributed by atoms with Gasteiger partial charge in [0, 0.05) is 10.0 Å². The lowest BCUT2D eigenvalue weighted by molar-refractivity contribution is 0.249. The van der Waals surface area contributed by atoms with Crippen LogP contribution in [0.3, 0.4) is 0 Å². The highest BCUT2D eigenvalue weighted by molar-refractivity contribution is 9.10. The first kappa shape index (κ1) is 11.2. The molecule has 0 radical (unpaired) electrons. The Morgan fingerprint density at radius 2 is 1.80 bits per heavy atom. The van der Waals surface area contributed by atoms with Crippen molar-refractivity contribution in [1.82, 2.24) is 5.32 Å². The van der Waals surface area contributed by atoms with E-state index in [0.29, 0.717) is 0 Å². The van der Waals surface area contributed by atoms with Crippen LogP contribution < -0.4 is 5.32 Å². The molecule has 1 aromatic carbocycles. The normalized spacial score (nSPS) is 20.1. The molecule has 0 saturated heterocycles. The third-order valence-electron chi connectivity index (χ3n) is 3.58. The smallest absolute Gasteiger partial charge is 0.0443 e. The Bertz CT molecular complexity index is 329. The average Bonchev–Trinajstić information content (AvgIpc) is 2.30. The Kier molecular flexibility index (Phi) is 3.47. The van der Waals surface area contributed by atoms with Gasteiger partial charge in [0.2, 0.25) is 0 Å². The van der Waals surface area contributed by atoms with E-state index in [1.54, 1.807) is 0 Å². The van der Waals surface area contributed by atoms with Gasteiger partial charge in [-0.05, 0) is 31.5 Å². The third kappa shape index (κ3) is 2.11. The predicted molar refractivity (Wildman–Crippen MR) is 68.0 cm³/mol. The minimum atomic E-state index is 0.207. The van der Waals surface area contributed by atoms with Crippen molar-refractivity contribution in [2.75, 3.05) is 7.05 Å². The minimum Gasteiger partial charge on any atom is -0.310 e. The lowest BCUT2D eigenvalue weighted by atomic mass is 9.77. The highest BCUT2D eigenvalue weighted by Crippen LogP contribution is 2.39. The molecule has 15 heavy (non-hydrogen) atoms. The van der Waals surface area contributed by atoms with E-state index >= 15 is 0 Å². The summed E-state index contributed by atoms with van der Waals surface area (Å²) in [6.45, 7) is 0. The quantitative estimate of drug-likeness (QED) is 0.859. The maximum absolute atomic E-state index is 3.67. The molecule has 0 heterocycles. The summed E-state index contributed by atoms with van der Waals surface area (Å²) in [5, 5.41) is 3.54. The van der Waals surface area contributed by atoms with Gasteiger partial charge in [0.15, 0.2) is 0 Å². The maximum Gasteiger partial charge on any atom is 0.0443 e. The van der Waals surface area contributed by atoms with E-state index < -0.39 is 0 Å². The van der Waals surface area contributed by atoms with Crippen LogP contribution in [-0.4, -0.2) is 7.05 Å². The van der Waals surface area contributed by atoms with Crippen molar-refractivity contribution in [3.05, 3.63) is 34.3 Å². The van der Waals surface area contributed by atoms with Gasteiger partial charge in [0.25, 0.3) is 0 Å². The van der Waals surface area contributed by atoms with Gasteiger partial charge < -0.3 is 5.32 Å². The Balaban J connectivity index is 2.36. The lowest BCUT2D eigenvalue weighted by Gasteiger charge is -2.38. The standard InChI is InChI=1S/C13H18BrN/c1-15-13(9-5-2-6-10-13)11-7-3-4-8-12(11)14/h3-4,7-8,15H,2,5-6,9-10H2,1H3. The first-order valence-corrected chi connectivity index (χ1v) is 6.52. The van der Waals surface area contributed by atoms with E-state index in [1.165, 1.54) is 42.1 Å². The van der Waals surface area contributed by atoms with Gasteiger partial charge >= 0.3 is 0 Å². The largest absolute Gasteiger partial charge is 0.310 e. The Labute approximate surface area is 100 Å². The molecule has 0 aromatic heterocycles. The van der Waals surface area contributed by atoms with Crippen LogP contribution in [0.2, 0.25) is 0 Å². The molecule has 0 bridgehead atoms. The van der Waals surface area contributed by atoms with Gasteiger partial charge in [-0.1, -0.05) is 53.4 Å². The summed E-state index contributed by atoms with van der Waals surface area (Å²) in [7, 11) is 2.09. The van der Waals surface area contributed by atoms with Crippen molar-refractivity contribution < 1.29 is 0 Å². The van der Waals surface area contributed by atoms with Crippen LogP contribution in [0.4, 0.5) is 0 Å². The molecule has 0 spiro atoms. The summed E-state index contributed by atoms with van der Waals surface area (Å²) in [5.41, 5.74) is 1.63. The van der Waals surface area contributed by atoms with Crippen LogP contribution in [0.1, 0.15) is 37.7 Å². The summed E-state index contributed by atoms with van der Waals surface area (Å²) < 4.78 is 1.24. The summed E-state index contributed by atoms with van der Waals surface area (Å²) >= 11 is 3.67. The van der Waals surface area contributed by atoms with E-state index in [9.17, 15) is 0 Å². The summed E-state index contributed by atoms with van der Waals surface area (Å²) in [6, 6.07) is 8.60. The molecule has 0 atom stereocenters. The van der Waals surface area contributed by atoms with Crippen molar-refractivity contribution in [2.24, 2.45) is 0 Å². The highest BCUT2D eigenvalue weighted by atomic mass is 79.9. The molecule has 2 heteroatoms. The molecule has 1 aliphatic rings. The van der Waals surface area contributed by atoms with Gasteiger partial charge in [-0.2, -0.15) is 0 Å². The first-order chi connectivity index (χ1) is 7.28. The molecule has 1 N–H and O–H groups in total. The second kappa shape index (κ2) is 4.67. The molecule has 1 fully saturated rings. The minimum absolute atomic E-state index is 0.207. The van der Waals surface area contributed by atoms with Crippen LogP contribution in [0, 0.1) is 0 Å². The van der Waals surface area contributed by atoms with Crippen LogP contribution in [0.15, 0.2) is 28.7 Å². The molecule has 0 unspecified atom stereocenters. The number of nitrogens with one attached hydrogen (secondary N) is 1. The molecule has 82 valence electrons. The number of benzene rings is 1. The highest BCUT2D eigenvalue weighted by Gasteiger charge is 2.33. The summed E-state index contributed by atoms with van der Waals surface area (Å²) in [6.07, 6.45) is 6.57. The average molecular weight is 268 g/mol. The number of hydrogen-bond acceptors (Lipinski definition) is 1. The van der Waals surface area contributed by atoms with E-state index in [2.05, 4.69) is 52.6 Å². The van der Waals surface area contributed by atoms with Gasteiger partial charge in [-0.3, -0.25) is 0 Å². The van der Waals surface area contributed by atoms with Gasteiger partial charge in [-0.15, -0.1) is 0 Å². The SMILES string of the molecule is CNC1(c2ccccc2Br)CCCCC1. The monoisotopic (exact) mass is 267 g/mol. The van der Waals surface area contributed by atoms with Crippen LogP contribution >= 0.6 is 15.9 Å². The predicted octanol–water partition coefficient (Wildman–Crippen LogP) is 3.83. The summed E-state index contributed by atoms with van der Waals surface area (Å²) in [5.74, 6) is 0. The molecule has 1 aliphatic carbocycles. The second-order valence-electron chi connectivity index (χ2n) is 4.37. The number of hydrogen-bond donors (Lipinski definition) is 1. The fraction of sp³-hybridized carbons (Fsp3) is 0.538.